The van der Waals surface area contributed by atoms with Crippen LogP contribution in [-0.2, 0) is 4.57 Å². The molecule has 2 nitrogen and oxygen atoms in total. The summed E-state index contributed by atoms with van der Waals surface area (Å²) in [4.78, 5) is 0. The van der Waals surface area contributed by atoms with Gasteiger partial charge in [-0.15, -0.1) is 0 Å². The van der Waals surface area contributed by atoms with E-state index in [-0.39, 0.29) is 0 Å². The molecule has 0 unspecified atom stereocenters. The summed E-state index contributed by atoms with van der Waals surface area (Å²) < 4.78 is 19.1. The van der Waals surface area contributed by atoms with Crippen LogP contribution < -0.4 is 15.3 Å². The van der Waals surface area contributed by atoms with E-state index in [1.54, 1.807) is 7.11 Å². The summed E-state index contributed by atoms with van der Waals surface area (Å²) >= 11 is 0. The van der Waals surface area contributed by atoms with Crippen molar-refractivity contribution in [1.82, 2.24) is 0 Å². The molecule has 0 aliphatic rings. The largest absolute Gasteiger partial charge is 0.496 e. The van der Waals surface area contributed by atoms with Gasteiger partial charge in [-0.05, 0) is 18.6 Å². The van der Waals surface area contributed by atoms with Gasteiger partial charge in [-0.2, -0.15) is 0 Å². The lowest BCUT2D eigenvalue weighted by molar-refractivity contribution is 0.418. The molecule has 2 rings (SSSR count). The summed E-state index contributed by atoms with van der Waals surface area (Å²) in [7, 11) is -0.987. The van der Waals surface area contributed by atoms with Crippen LogP contribution >= 0.6 is 7.14 Å². The van der Waals surface area contributed by atoms with Crippen molar-refractivity contribution in [2.45, 2.75) is 19.8 Å². The fourth-order valence-electron chi connectivity index (χ4n) is 2.37. The Morgan fingerprint density at radius 3 is 2.30 bits per heavy atom. The molecular weight excluding hydrogens is 267 g/mol. The minimum Gasteiger partial charge on any atom is -0.496 e. The Bertz CT molecular complexity index is 593. The Balaban J connectivity index is 2.55. The molecular formula is C17H21O2P. The van der Waals surface area contributed by atoms with Crippen LogP contribution in [0.5, 0.6) is 5.75 Å². The van der Waals surface area contributed by atoms with Gasteiger partial charge >= 0.3 is 0 Å². The van der Waals surface area contributed by atoms with Crippen molar-refractivity contribution in [3.05, 3.63) is 54.6 Å². The van der Waals surface area contributed by atoms with Gasteiger partial charge < -0.3 is 9.30 Å². The molecule has 0 N–H and O–H groups in total. The second-order valence-electron chi connectivity index (χ2n) is 4.82. The van der Waals surface area contributed by atoms with E-state index in [4.69, 9.17) is 4.74 Å². The molecule has 0 aliphatic carbocycles. The zero-order valence-electron chi connectivity index (χ0n) is 12.1. The van der Waals surface area contributed by atoms with Crippen molar-refractivity contribution >= 4 is 17.8 Å². The first-order valence-electron chi connectivity index (χ1n) is 7.00. The topological polar surface area (TPSA) is 26.3 Å². The highest BCUT2D eigenvalue weighted by Gasteiger charge is 2.29. The molecule has 106 valence electrons. The molecule has 0 heterocycles. The first kappa shape index (κ1) is 14.9. The molecule has 20 heavy (non-hydrogen) atoms. The molecule has 0 radical (unpaired) electrons. The lowest BCUT2D eigenvalue weighted by Crippen LogP contribution is -2.20. The van der Waals surface area contributed by atoms with E-state index < -0.39 is 7.14 Å². The van der Waals surface area contributed by atoms with Crippen LogP contribution in [0.2, 0.25) is 0 Å². The molecule has 0 aliphatic heterocycles. The molecule has 0 amide bonds. The fourth-order valence-corrected chi connectivity index (χ4v) is 5.41. The number of benzene rings is 2. The number of methoxy groups -OCH3 is 1. The first-order chi connectivity index (χ1) is 9.72. The normalized spacial score (nSPS) is 13.7. The van der Waals surface area contributed by atoms with E-state index in [0.717, 1.165) is 29.2 Å². The second-order valence-corrected chi connectivity index (χ2v) is 7.75. The van der Waals surface area contributed by atoms with Crippen molar-refractivity contribution in [3.63, 3.8) is 0 Å². The predicted octanol–water partition coefficient (Wildman–Crippen LogP) is 3.81. The summed E-state index contributed by atoms with van der Waals surface area (Å²) in [6, 6.07) is 17.4. The summed E-state index contributed by atoms with van der Waals surface area (Å²) in [5.74, 6) is 0.718. The summed E-state index contributed by atoms with van der Waals surface area (Å²) in [6.45, 7) is 2.12. The molecule has 0 spiro atoms. The number of para-hydroxylation sites is 1. The van der Waals surface area contributed by atoms with Crippen LogP contribution in [-0.4, -0.2) is 13.3 Å². The van der Waals surface area contributed by atoms with Gasteiger partial charge in [-0.25, -0.2) is 0 Å². The number of unbranched alkanes of at least 4 members (excludes halogenated alkanes) is 1. The van der Waals surface area contributed by atoms with Crippen LogP contribution in [0, 0.1) is 0 Å². The van der Waals surface area contributed by atoms with Crippen molar-refractivity contribution in [1.29, 1.82) is 0 Å². The molecule has 0 saturated carbocycles. The van der Waals surface area contributed by atoms with Crippen molar-refractivity contribution in [3.8, 4) is 5.75 Å². The van der Waals surface area contributed by atoms with E-state index in [2.05, 4.69) is 6.92 Å². The van der Waals surface area contributed by atoms with Gasteiger partial charge in [0.05, 0.1) is 12.4 Å². The summed E-state index contributed by atoms with van der Waals surface area (Å²) in [5.41, 5.74) is 0. The highest BCUT2D eigenvalue weighted by Crippen LogP contribution is 2.46. The van der Waals surface area contributed by atoms with E-state index in [1.165, 1.54) is 0 Å². The Hall–Kier alpha value is -1.53. The van der Waals surface area contributed by atoms with E-state index >= 15 is 0 Å². The lowest BCUT2D eigenvalue weighted by atomic mass is 10.3. The van der Waals surface area contributed by atoms with E-state index in [0.29, 0.717) is 6.16 Å². The van der Waals surface area contributed by atoms with Crippen molar-refractivity contribution in [2.24, 2.45) is 0 Å². The van der Waals surface area contributed by atoms with Gasteiger partial charge in [0, 0.05) is 11.5 Å². The predicted molar refractivity (Wildman–Crippen MR) is 86.1 cm³/mol. The number of hydrogen-bond acceptors (Lipinski definition) is 2. The highest BCUT2D eigenvalue weighted by atomic mass is 31.2. The smallest absolute Gasteiger partial charge is 0.146 e. The maximum Gasteiger partial charge on any atom is 0.146 e. The summed E-state index contributed by atoms with van der Waals surface area (Å²) in [6.07, 6.45) is 2.67. The zero-order valence-corrected chi connectivity index (χ0v) is 13.0. The van der Waals surface area contributed by atoms with Crippen molar-refractivity contribution < 1.29 is 9.30 Å². The third-order valence-corrected chi connectivity index (χ3v) is 6.70. The molecule has 0 fully saturated rings. The van der Waals surface area contributed by atoms with Gasteiger partial charge in [0.25, 0.3) is 0 Å². The monoisotopic (exact) mass is 288 g/mol. The quantitative estimate of drug-likeness (QED) is 0.756. The Morgan fingerprint density at radius 2 is 1.65 bits per heavy atom. The lowest BCUT2D eigenvalue weighted by Gasteiger charge is -2.21. The van der Waals surface area contributed by atoms with Gasteiger partial charge in [-0.3, -0.25) is 0 Å². The van der Waals surface area contributed by atoms with Gasteiger partial charge in [0.15, 0.2) is 0 Å². The van der Waals surface area contributed by atoms with Crippen LogP contribution in [0.25, 0.3) is 0 Å². The molecule has 0 saturated heterocycles. The van der Waals surface area contributed by atoms with Crippen LogP contribution in [0.3, 0.4) is 0 Å². The van der Waals surface area contributed by atoms with Gasteiger partial charge in [-0.1, -0.05) is 55.8 Å². The SMILES string of the molecule is CCCC[P@@](=O)(c1ccccc1)c1ccccc1OC. The number of rotatable bonds is 6. The summed E-state index contributed by atoms with van der Waals surface area (Å²) in [5, 5.41) is 1.75. The van der Waals surface area contributed by atoms with Crippen LogP contribution in [0.1, 0.15) is 19.8 Å². The maximum atomic E-state index is 13.7. The van der Waals surface area contributed by atoms with E-state index in [9.17, 15) is 4.57 Å². The van der Waals surface area contributed by atoms with Gasteiger partial charge in [0.1, 0.15) is 12.9 Å². The second kappa shape index (κ2) is 6.76. The Kier molecular flexibility index (Phi) is 5.03. The third-order valence-electron chi connectivity index (χ3n) is 3.47. The number of hydrogen-bond donors (Lipinski definition) is 0. The average Bonchev–Trinajstić information content (AvgIpc) is 2.53. The Labute approximate surface area is 121 Å². The first-order valence-corrected chi connectivity index (χ1v) is 8.90. The van der Waals surface area contributed by atoms with Crippen LogP contribution in [0.4, 0.5) is 0 Å². The fraction of sp³-hybridized carbons (Fsp3) is 0.294. The highest BCUT2D eigenvalue weighted by molar-refractivity contribution is 7.78. The van der Waals surface area contributed by atoms with Crippen molar-refractivity contribution in [2.75, 3.05) is 13.3 Å². The molecule has 1 atom stereocenters. The third kappa shape index (κ3) is 2.96. The molecule has 0 aromatic heterocycles. The number of ether oxygens (including phenoxy) is 1. The van der Waals surface area contributed by atoms with Gasteiger partial charge in [0.2, 0.25) is 0 Å². The maximum absolute atomic E-state index is 13.7. The molecule has 3 heteroatoms. The van der Waals surface area contributed by atoms with Crippen LogP contribution in [0.15, 0.2) is 54.6 Å². The Morgan fingerprint density at radius 1 is 1.00 bits per heavy atom. The zero-order chi connectivity index (χ0) is 14.4. The van der Waals surface area contributed by atoms with E-state index in [1.807, 2.05) is 54.6 Å². The molecule has 2 aromatic carbocycles. The standard InChI is InChI=1S/C17H21O2P/c1-3-4-14-20(18,15-10-6-5-7-11-15)17-13-9-8-12-16(17)19-2/h5-13H,3-4,14H2,1-2H3/t20-/m1/s1. The molecule has 2 aromatic rings. The minimum absolute atomic E-state index is 0.688. The average molecular weight is 288 g/mol. The molecule has 0 bridgehead atoms. The minimum atomic E-state index is -2.62.